The van der Waals surface area contributed by atoms with Crippen LogP contribution in [0.1, 0.15) is 0 Å². The fourth-order valence-electron chi connectivity index (χ4n) is 1.07. The Labute approximate surface area is 78.4 Å². The number of nitrogens with zero attached hydrogens (tertiary/aromatic N) is 1. The highest BCUT2D eigenvalue weighted by Gasteiger charge is 2.29. The molecule has 1 unspecified atom stereocenters. The predicted octanol–water partition coefficient (Wildman–Crippen LogP) is -2.77. The molecule has 0 amide bonds. The molecule has 1 rings (SSSR count). The number of cyclic esters (lactones) is 2. The molecule has 0 N–H and O–H groups in total. The van der Waals surface area contributed by atoms with Crippen molar-refractivity contribution in [2.75, 3.05) is 34.3 Å². The Morgan fingerprint density at radius 3 is 2.42 bits per heavy atom. The Morgan fingerprint density at radius 1 is 1.50 bits per heavy atom. The summed E-state index contributed by atoms with van der Waals surface area (Å²) in [5.41, 5.74) is 0. The van der Waals surface area contributed by atoms with Crippen molar-refractivity contribution in [1.82, 2.24) is 0 Å². The summed E-state index contributed by atoms with van der Waals surface area (Å²) in [6, 6.07) is 0. The number of hydrogen-bond donors (Lipinski definition) is 0. The lowest BCUT2D eigenvalue weighted by molar-refractivity contribution is -0.873. The van der Waals surface area contributed by atoms with Gasteiger partial charge >= 0.3 is 6.16 Å². The highest BCUT2D eigenvalue weighted by molar-refractivity contribution is 5.61. The van der Waals surface area contributed by atoms with E-state index in [0.717, 1.165) is 11.0 Å². The lowest BCUT2D eigenvalue weighted by atomic mass is 10.3. The monoisotopic (exact) mass is 195 g/mol. The second-order valence-corrected chi connectivity index (χ2v) is 3.77. The zero-order valence-corrected chi connectivity index (χ0v) is 8.30. The van der Waals surface area contributed by atoms with Gasteiger partial charge in [-0.3, -0.25) is 0 Å². The van der Waals surface area contributed by atoms with E-state index in [0.29, 0.717) is 6.61 Å². The van der Waals surface area contributed by atoms with Crippen LogP contribution in [-0.2, 0) is 9.47 Å². The molecule has 0 bridgehead atoms. The average molecular weight is 196 g/mol. The zero-order chi connectivity index (χ0) is 8.48. The molecule has 1 aliphatic heterocycles. The van der Waals surface area contributed by atoms with E-state index in [-0.39, 0.29) is 18.5 Å². The molecule has 0 spiro atoms. The fourth-order valence-corrected chi connectivity index (χ4v) is 1.07. The molecule has 1 fully saturated rings. The Kier molecular flexibility index (Phi) is 3.80. The Balaban J connectivity index is 0.00000121. The minimum Gasteiger partial charge on any atom is -1.00 e. The highest BCUT2D eigenvalue weighted by Crippen LogP contribution is 2.08. The third kappa shape index (κ3) is 3.78. The number of halogens is 1. The number of likely N-dealkylation sites (N-methyl/N-ethyl adjacent to an activating group) is 1. The first-order valence-electron chi connectivity index (χ1n) is 3.61. The van der Waals surface area contributed by atoms with Gasteiger partial charge in [0.25, 0.3) is 0 Å². The number of rotatable bonds is 2. The van der Waals surface area contributed by atoms with Gasteiger partial charge in [-0.2, -0.15) is 0 Å². The molecule has 4 nitrogen and oxygen atoms in total. The summed E-state index contributed by atoms with van der Waals surface area (Å²) < 4.78 is 10.3. The Morgan fingerprint density at radius 2 is 2.08 bits per heavy atom. The number of hydrogen-bond acceptors (Lipinski definition) is 3. The van der Waals surface area contributed by atoms with Gasteiger partial charge in [0.15, 0.2) is 6.10 Å². The first-order valence-corrected chi connectivity index (χ1v) is 3.61. The van der Waals surface area contributed by atoms with Crippen LogP contribution in [0, 0.1) is 0 Å². The van der Waals surface area contributed by atoms with Crippen molar-refractivity contribution in [1.29, 1.82) is 0 Å². The van der Waals surface area contributed by atoms with E-state index in [1.54, 1.807) is 0 Å². The third-order valence-electron chi connectivity index (χ3n) is 1.40. The van der Waals surface area contributed by atoms with Gasteiger partial charge in [-0.1, -0.05) is 0 Å². The molecular weight excluding hydrogens is 182 g/mol. The molecule has 12 heavy (non-hydrogen) atoms. The quantitative estimate of drug-likeness (QED) is 0.354. The van der Waals surface area contributed by atoms with E-state index in [1.165, 1.54) is 0 Å². The molecule has 72 valence electrons. The molecule has 1 aliphatic rings. The molecule has 0 saturated carbocycles. The molecule has 1 heterocycles. The molecule has 1 saturated heterocycles. The van der Waals surface area contributed by atoms with Gasteiger partial charge in [0.2, 0.25) is 0 Å². The van der Waals surface area contributed by atoms with Crippen molar-refractivity contribution in [2.24, 2.45) is 0 Å². The van der Waals surface area contributed by atoms with E-state index < -0.39 is 6.16 Å². The van der Waals surface area contributed by atoms with Crippen LogP contribution in [0.5, 0.6) is 0 Å². The fraction of sp³-hybridized carbons (Fsp3) is 0.857. The number of ether oxygens (including phenoxy) is 2. The molecule has 0 aromatic rings. The van der Waals surface area contributed by atoms with Crippen LogP contribution < -0.4 is 12.4 Å². The minimum absolute atomic E-state index is 0. The molecule has 5 heteroatoms. The number of carbonyl (C=O) groups is 1. The molecule has 0 aromatic carbocycles. The standard InChI is InChI=1S/C7H14NO3.ClH/c1-8(2,3)4-6-5-10-7(9)11-6;/h6H,4-5H2,1-3H3;1H/q+1;/p-1. The summed E-state index contributed by atoms with van der Waals surface area (Å²) in [4.78, 5) is 10.5. The van der Waals surface area contributed by atoms with Crippen molar-refractivity contribution in [3.63, 3.8) is 0 Å². The van der Waals surface area contributed by atoms with E-state index in [9.17, 15) is 4.79 Å². The predicted molar refractivity (Wildman–Crippen MR) is 39.1 cm³/mol. The van der Waals surface area contributed by atoms with Crippen LogP contribution in [0.2, 0.25) is 0 Å². The molecule has 0 radical (unpaired) electrons. The second-order valence-electron chi connectivity index (χ2n) is 3.77. The van der Waals surface area contributed by atoms with Crippen molar-refractivity contribution in [2.45, 2.75) is 6.10 Å². The maximum Gasteiger partial charge on any atom is 0.509 e. The number of quaternary nitrogens is 1. The third-order valence-corrected chi connectivity index (χ3v) is 1.40. The summed E-state index contributed by atoms with van der Waals surface area (Å²) in [5.74, 6) is 0. The second kappa shape index (κ2) is 3.96. The van der Waals surface area contributed by atoms with Crippen LogP contribution in [0.25, 0.3) is 0 Å². The first kappa shape index (κ1) is 11.5. The van der Waals surface area contributed by atoms with Crippen molar-refractivity contribution in [3.8, 4) is 0 Å². The van der Waals surface area contributed by atoms with Gasteiger partial charge < -0.3 is 26.4 Å². The van der Waals surface area contributed by atoms with Crippen molar-refractivity contribution < 1.29 is 31.2 Å². The van der Waals surface area contributed by atoms with E-state index in [4.69, 9.17) is 4.74 Å². The molecule has 0 aromatic heterocycles. The van der Waals surface area contributed by atoms with Crippen LogP contribution >= 0.6 is 0 Å². The van der Waals surface area contributed by atoms with Crippen molar-refractivity contribution >= 4 is 6.16 Å². The van der Waals surface area contributed by atoms with Gasteiger partial charge in [0, 0.05) is 0 Å². The lowest BCUT2D eigenvalue weighted by Gasteiger charge is -2.25. The van der Waals surface area contributed by atoms with Crippen molar-refractivity contribution in [3.05, 3.63) is 0 Å². The normalized spacial score (nSPS) is 22.6. The van der Waals surface area contributed by atoms with Gasteiger partial charge in [0.05, 0.1) is 21.1 Å². The van der Waals surface area contributed by atoms with Gasteiger partial charge in [0.1, 0.15) is 13.2 Å². The molecule has 1 atom stereocenters. The van der Waals surface area contributed by atoms with Gasteiger partial charge in [-0.25, -0.2) is 4.79 Å². The van der Waals surface area contributed by atoms with Crippen LogP contribution in [0.15, 0.2) is 0 Å². The maximum atomic E-state index is 10.5. The summed E-state index contributed by atoms with van der Waals surface area (Å²) >= 11 is 0. The van der Waals surface area contributed by atoms with E-state index in [1.807, 2.05) is 21.1 Å². The SMILES string of the molecule is C[N+](C)(C)CC1COC(=O)O1.[Cl-]. The van der Waals surface area contributed by atoms with E-state index >= 15 is 0 Å². The smallest absolute Gasteiger partial charge is 0.509 e. The Hall–Kier alpha value is -0.480. The minimum atomic E-state index is -0.538. The zero-order valence-electron chi connectivity index (χ0n) is 7.54. The summed E-state index contributed by atoms with van der Waals surface area (Å²) in [5, 5.41) is 0. The maximum absolute atomic E-state index is 10.5. The summed E-state index contributed by atoms with van der Waals surface area (Å²) in [7, 11) is 6.14. The largest absolute Gasteiger partial charge is 1.00 e. The van der Waals surface area contributed by atoms with Crippen LogP contribution in [0.4, 0.5) is 4.79 Å². The number of carbonyl (C=O) groups excluding carboxylic acids is 1. The molecular formula is C7H14ClNO3. The van der Waals surface area contributed by atoms with Crippen LogP contribution in [0.3, 0.4) is 0 Å². The average Bonchev–Trinajstić information content (AvgIpc) is 2.10. The highest BCUT2D eigenvalue weighted by atomic mass is 35.5. The Bertz CT molecular complexity index is 167. The van der Waals surface area contributed by atoms with Gasteiger partial charge in [-0.05, 0) is 0 Å². The van der Waals surface area contributed by atoms with E-state index in [2.05, 4.69) is 4.74 Å². The van der Waals surface area contributed by atoms with Gasteiger partial charge in [-0.15, -0.1) is 0 Å². The topological polar surface area (TPSA) is 35.5 Å². The first-order chi connectivity index (χ1) is 4.97. The van der Waals surface area contributed by atoms with Crippen LogP contribution in [-0.4, -0.2) is 51.0 Å². The summed E-state index contributed by atoms with van der Waals surface area (Å²) in [6.07, 6.45) is -0.606. The summed E-state index contributed by atoms with van der Waals surface area (Å²) in [6.45, 7) is 1.19. The molecule has 0 aliphatic carbocycles. The lowest BCUT2D eigenvalue weighted by Crippen LogP contribution is -3.00.